The smallest absolute Gasteiger partial charge is 0.413 e. The maximum Gasteiger partial charge on any atom is 0.413 e. The zero-order valence-electron chi connectivity index (χ0n) is 15.4. The molecule has 0 aliphatic heterocycles. The number of halogens is 1. The maximum absolute atomic E-state index is 11.7. The van der Waals surface area contributed by atoms with Crippen LogP contribution in [0, 0.1) is 0 Å². The Bertz CT molecular complexity index is 703. The molecule has 0 aliphatic carbocycles. The van der Waals surface area contributed by atoms with Crippen molar-refractivity contribution in [1.29, 1.82) is 0 Å². The van der Waals surface area contributed by atoms with Crippen LogP contribution in [-0.4, -0.2) is 44.9 Å². The number of nitrogens with one attached hydrogen (secondary N) is 1. The zero-order chi connectivity index (χ0) is 20.2. The zero-order valence-corrected chi connectivity index (χ0v) is 16.1. The molecule has 0 atom stereocenters. The van der Waals surface area contributed by atoms with Gasteiger partial charge in [0.15, 0.2) is 18.1 Å². The van der Waals surface area contributed by atoms with E-state index in [9.17, 15) is 14.4 Å². The first-order chi connectivity index (χ1) is 12.9. The molecule has 1 rings (SSSR count). The predicted octanol–water partition coefficient (Wildman–Crippen LogP) is 2.97. The third-order valence-electron chi connectivity index (χ3n) is 2.98. The van der Waals surface area contributed by atoms with Crippen LogP contribution in [0.3, 0.4) is 0 Å². The van der Waals surface area contributed by atoms with Crippen LogP contribution in [-0.2, 0) is 19.1 Å². The Balaban J connectivity index is 2.65. The first kappa shape index (κ1) is 22.3. The average molecular weight is 400 g/mol. The number of imide groups is 1. The number of carbonyl (C=O) groups excluding carboxylic acids is 3. The van der Waals surface area contributed by atoms with Crippen molar-refractivity contribution in [2.45, 2.75) is 20.3 Å². The number of hydrogen-bond acceptors (Lipinski definition) is 7. The van der Waals surface area contributed by atoms with Gasteiger partial charge in [0.05, 0.1) is 25.3 Å². The van der Waals surface area contributed by atoms with Crippen molar-refractivity contribution in [2.24, 2.45) is 0 Å². The van der Waals surface area contributed by atoms with E-state index in [2.05, 4.69) is 4.74 Å². The van der Waals surface area contributed by atoms with Crippen molar-refractivity contribution in [3.05, 3.63) is 28.8 Å². The molecule has 1 N–H and O–H groups in total. The summed E-state index contributed by atoms with van der Waals surface area (Å²) in [7, 11) is 1.48. The number of carbonyl (C=O) groups is 3. The summed E-state index contributed by atoms with van der Waals surface area (Å²) < 4.78 is 20.1. The van der Waals surface area contributed by atoms with Crippen molar-refractivity contribution < 1.29 is 33.3 Å². The lowest BCUT2D eigenvalue weighted by atomic mass is 10.2. The number of rotatable bonds is 9. The van der Waals surface area contributed by atoms with Crippen molar-refractivity contribution in [1.82, 2.24) is 5.32 Å². The van der Waals surface area contributed by atoms with Gasteiger partial charge in [0, 0.05) is 6.08 Å². The van der Waals surface area contributed by atoms with Crippen LogP contribution in [0.2, 0.25) is 5.02 Å². The van der Waals surface area contributed by atoms with Crippen LogP contribution in [0.1, 0.15) is 25.8 Å². The van der Waals surface area contributed by atoms with Gasteiger partial charge < -0.3 is 18.9 Å². The first-order valence-electron chi connectivity index (χ1n) is 8.23. The molecule has 0 saturated heterocycles. The number of amides is 2. The Hall–Kier alpha value is -2.74. The molecular weight excluding hydrogens is 378 g/mol. The minimum absolute atomic E-state index is 0.121. The summed E-state index contributed by atoms with van der Waals surface area (Å²) in [6.07, 6.45) is 2.48. The molecule has 148 valence electrons. The quantitative estimate of drug-likeness (QED) is 0.503. The molecule has 27 heavy (non-hydrogen) atoms. The predicted molar refractivity (Wildman–Crippen MR) is 98.9 cm³/mol. The normalized spacial score (nSPS) is 10.4. The number of methoxy groups -OCH3 is 1. The van der Waals surface area contributed by atoms with Crippen molar-refractivity contribution >= 4 is 35.6 Å². The summed E-state index contributed by atoms with van der Waals surface area (Å²) in [4.78, 5) is 34.1. The molecule has 0 aliphatic rings. The van der Waals surface area contributed by atoms with Crippen LogP contribution in [0.5, 0.6) is 11.5 Å². The van der Waals surface area contributed by atoms with E-state index in [4.69, 9.17) is 25.8 Å². The summed E-state index contributed by atoms with van der Waals surface area (Å²) in [5.74, 6) is -0.707. The fourth-order valence-electron chi connectivity index (χ4n) is 1.85. The summed E-state index contributed by atoms with van der Waals surface area (Å²) in [5, 5.41) is 2.24. The van der Waals surface area contributed by atoms with Crippen molar-refractivity contribution in [2.75, 3.05) is 26.9 Å². The van der Waals surface area contributed by atoms with Gasteiger partial charge in [-0.2, -0.15) is 0 Å². The van der Waals surface area contributed by atoms with Crippen LogP contribution in [0.15, 0.2) is 18.2 Å². The van der Waals surface area contributed by atoms with E-state index in [0.717, 1.165) is 12.5 Å². The van der Waals surface area contributed by atoms with Crippen LogP contribution in [0.25, 0.3) is 6.08 Å². The van der Waals surface area contributed by atoms with E-state index in [0.29, 0.717) is 28.7 Å². The maximum atomic E-state index is 11.7. The van der Waals surface area contributed by atoms with Gasteiger partial charge in [-0.05, 0) is 37.1 Å². The summed E-state index contributed by atoms with van der Waals surface area (Å²) in [6.45, 7) is 3.56. The van der Waals surface area contributed by atoms with E-state index < -0.39 is 24.6 Å². The topological polar surface area (TPSA) is 100 Å². The second-order valence-electron chi connectivity index (χ2n) is 5.09. The summed E-state index contributed by atoms with van der Waals surface area (Å²) >= 11 is 6.19. The molecular formula is C18H22ClNO7. The average Bonchev–Trinajstić information content (AvgIpc) is 2.63. The third-order valence-corrected chi connectivity index (χ3v) is 3.26. The highest BCUT2D eigenvalue weighted by molar-refractivity contribution is 6.32. The first-order valence-corrected chi connectivity index (χ1v) is 8.60. The number of benzene rings is 1. The lowest BCUT2D eigenvalue weighted by molar-refractivity contribution is -0.143. The minimum atomic E-state index is -0.902. The van der Waals surface area contributed by atoms with Gasteiger partial charge in [-0.15, -0.1) is 0 Å². The van der Waals surface area contributed by atoms with E-state index in [-0.39, 0.29) is 6.61 Å². The minimum Gasteiger partial charge on any atom is -0.493 e. The lowest BCUT2D eigenvalue weighted by Gasteiger charge is -2.12. The Morgan fingerprint density at radius 3 is 2.56 bits per heavy atom. The molecule has 0 heterocycles. The second-order valence-corrected chi connectivity index (χ2v) is 5.50. The number of esters is 1. The van der Waals surface area contributed by atoms with Gasteiger partial charge in [-0.25, -0.2) is 9.59 Å². The van der Waals surface area contributed by atoms with E-state index in [1.54, 1.807) is 19.1 Å². The Morgan fingerprint density at radius 2 is 1.93 bits per heavy atom. The molecule has 0 fully saturated rings. The Labute approximate surface area is 162 Å². The fourth-order valence-corrected chi connectivity index (χ4v) is 2.12. The molecule has 0 bridgehead atoms. The Kier molecular flexibility index (Phi) is 9.74. The van der Waals surface area contributed by atoms with Gasteiger partial charge in [0.25, 0.3) is 5.91 Å². The van der Waals surface area contributed by atoms with Crippen LogP contribution < -0.4 is 14.8 Å². The molecule has 0 aromatic heterocycles. The highest BCUT2D eigenvalue weighted by Crippen LogP contribution is 2.36. The standard InChI is InChI=1S/C18H22ClNO7/c1-4-8-26-17-13(19)9-12(10-14(17)24-3)6-7-16(22)27-11-15(21)20-18(23)25-5-2/h6-7,9-10H,4-5,8,11H2,1-3H3,(H,20,21,23)/b7-6+. The van der Waals surface area contributed by atoms with E-state index in [1.165, 1.54) is 13.2 Å². The molecule has 1 aromatic carbocycles. The van der Waals surface area contributed by atoms with Crippen molar-refractivity contribution in [3.8, 4) is 11.5 Å². The second kappa shape index (κ2) is 11.8. The van der Waals surface area contributed by atoms with E-state index in [1.807, 2.05) is 12.2 Å². The molecule has 1 aromatic rings. The van der Waals surface area contributed by atoms with Crippen LogP contribution >= 0.6 is 11.6 Å². The number of hydrogen-bond donors (Lipinski definition) is 1. The molecule has 0 unspecified atom stereocenters. The summed E-state index contributed by atoms with van der Waals surface area (Å²) in [6, 6.07) is 3.25. The lowest BCUT2D eigenvalue weighted by Crippen LogP contribution is -2.34. The van der Waals surface area contributed by atoms with Gasteiger partial charge in [-0.1, -0.05) is 18.5 Å². The van der Waals surface area contributed by atoms with Gasteiger partial charge >= 0.3 is 12.1 Å². The molecule has 9 heteroatoms. The monoisotopic (exact) mass is 399 g/mol. The highest BCUT2D eigenvalue weighted by atomic mass is 35.5. The van der Waals surface area contributed by atoms with Crippen molar-refractivity contribution in [3.63, 3.8) is 0 Å². The van der Waals surface area contributed by atoms with E-state index >= 15 is 0 Å². The van der Waals surface area contributed by atoms with Gasteiger partial charge in [-0.3, -0.25) is 10.1 Å². The SMILES string of the molecule is CCCOc1c(Cl)cc(/C=C/C(=O)OCC(=O)NC(=O)OCC)cc1OC. The number of alkyl carbamates (subject to hydrolysis) is 1. The largest absolute Gasteiger partial charge is 0.493 e. The highest BCUT2D eigenvalue weighted by Gasteiger charge is 2.12. The third kappa shape index (κ3) is 8.00. The molecule has 0 saturated carbocycles. The fraction of sp³-hybridized carbons (Fsp3) is 0.389. The molecule has 0 spiro atoms. The number of ether oxygens (including phenoxy) is 4. The van der Waals surface area contributed by atoms with Gasteiger partial charge in [0.1, 0.15) is 0 Å². The molecule has 0 radical (unpaired) electrons. The molecule has 8 nitrogen and oxygen atoms in total. The molecule has 2 amide bonds. The Morgan fingerprint density at radius 1 is 1.19 bits per heavy atom. The van der Waals surface area contributed by atoms with Crippen LogP contribution in [0.4, 0.5) is 4.79 Å². The van der Waals surface area contributed by atoms with Gasteiger partial charge in [0.2, 0.25) is 0 Å². The summed E-state index contributed by atoms with van der Waals surface area (Å²) in [5.41, 5.74) is 0.577.